The second-order valence-corrected chi connectivity index (χ2v) is 6.04. The van der Waals surface area contributed by atoms with E-state index in [-0.39, 0.29) is 17.1 Å². The molecule has 0 atom stereocenters. The minimum Gasteiger partial charge on any atom is -0.507 e. The molecule has 0 heterocycles. The molecule has 0 unspecified atom stereocenters. The van der Waals surface area contributed by atoms with Crippen LogP contribution >= 0.6 is 0 Å². The highest BCUT2D eigenvalue weighted by atomic mass is 16.4. The van der Waals surface area contributed by atoms with Gasteiger partial charge in [0, 0.05) is 12.0 Å². The maximum atomic E-state index is 12.1. The number of hydrogen-bond acceptors (Lipinski definition) is 3. The van der Waals surface area contributed by atoms with Crippen LogP contribution in [0.15, 0.2) is 18.2 Å². The lowest BCUT2D eigenvalue weighted by atomic mass is 10.0. The van der Waals surface area contributed by atoms with Crippen molar-refractivity contribution in [1.29, 1.82) is 0 Å². The molecule has 0 saturated heterocycles. The molecule has 0 aromatic heterocycles. The molecule has 23 heavy (non-hydrogen) atoms. The number of ketones is 1. The van der Waals surface area contributed by atoms with E-state index in [0.29, 0.717) is 12.0 Å². The summed E-state index contributed by atoms with van der Waals surface area (Å²) in [7, 11) is 0. The van der Waals surface area contributed by atoms with Gasteiger partial charge >= 0.3 is 5.97 Å². The van der Waals surface area contributed by atoms with Gasteiger partial charge in [0.15, 0.2) is 5.78 Å². The van der Waals surface area contributed by atoms with Crippen LogP contribution in [0.25, 0.3) is 0 Å². The van der Waals surface area contributed by atoms with Crippen molar-refractivity contribution in [3.05, 3.63) is 29.3 Å². The molecule has 0 amide bonds. The number of hydrogen-bond donors (Lipinski definition) is 2. The molecule has 0 saturated carbocycles. The van der Waals surface area contributed by atoms with E-state index in [1.807, 2.05) is 0 Å². The highest BCUT2D eigenvalue weighted by molar-refractivity contribution is 5.99. The van der Waals surface area contributed by atoms with Crippen molar-refractivity contribution in [2.24, 2.45) is 0 Å². The summed E-state index contributed by atoms with van der Waals surface area (Å²) in [5.41, 5.74) is 0.141. The van der Waals surface area contributed by atoms with Gasteiger partial charge < -0.3 is 10.2 Å². The van der Waals surface area contributed by atoms with Crippen LogP contribution in [0.3, 0.4) is 0 Å². The number of unbranched alkanes of at least 4 members (excludes halogenated alkanes) is 8. The van der Waals surface area contributed by atoms with Gasteiger partial charge in [-0.3, -0.25) is 4.79 Å². The van der Waals surface area contributed by atoms with Crippen LogP contribution in [0.4, 0.5) is 0 Å². The van der Waals surface area contributed by atoms with Gasteiger partial charge in [-0.15, -0.1) is 0 Å². The van der Waals surface area contributed by atoms with Crippen LogP contribution in [-0.4, -0.2) is 22.0 Å². The first-order chi connectivity index (χ1) is 11.1. The number of carbonyl (C=O) groups is 2. The van der Waals surface area contributed by atoms with Crippen molar-refractivity contribution in [2.45, 2.75) is 71.1 Å². The number of benzene rings is 1. The SMILES string of the molecule is CCCCCCCCCCCC(=O)c1ccc(O)c(C(=O)O)c1. The molecule has 1 aromatic rings. The van der Waals surface area contributed by atoms with E-state index in [1.165, 1.54) is 56.7 Å². The Labute approximate surface area is 138 Å². The highest BCUT2D eigenvalue weighted by Crippen LogP contribution is 2.20. The summed E-state index contributed by atoms with van der Waals surface area (Å²) in [6.45, 7) is 2.21. The Morgan fingerprint density at radius 1 is 0.913 bits per heavy atom. The third-order valence-corrected chi connectivity index (χ3v) is 4.06. The van der Waals surface area contributed by atoms with E-state index in [9.17, 15) is 14.7 Å². The maximum absolute atomic E-state index is 12.1. The van der Waals surface area contributed by atoms with Crippen molar-refractivity contribution in [3.8, 4) is 5.75 Å². The normalized spacial score (nSPS) is 10.7. The number of carboxylic acids is 1. The first kappa shape index (κ1) is 19.2. The van der Waals surface area contributed by atoms with Gasteiger partial charge in [0.2, 0.25) is 0 Å². The van der Waals surface area contributed by atoms with Crippen molar-refractivity contribution >= 4 is 11.8 Å². The Balaban J connectivity index is 2.24. The third-order valence-electron chi connectivity index (χ3n) is 4.06. The first-order valence-corrected chi connectivity index (χ1v) is 8.65. The lowest BCUT2D eigenvalue weighted by Crippen LogP contribution is -2.03. The summed E-state index contributed by atoms with van der Waals surface area (Å²) in [5.74, 6) is -1.59. The molecule has 0 spiro atoms. The van der Waals surface area contributed by atoms with Crippen molar-refractivity contribution in [1.82, 2.24) is 0 Å². The monoisotopic (exact) mass is 320 g/mol. The zero-order valence-corrected chi connectivity index (χ0v) is 14.0. The summed E-state index contributed by atoms with van der Waals surface area (Å²) >= 11 is 0. The molecular weight excluding hydrogens is 292 g/mol. The van der Waals surface area contributed by atoms with E-state index in [0.717, 1.165) is 19.3 Å². The lowest BCUT2D eigenvalue weighted by molar-refractivity contribution is 0.0693. The highest BCUT2D eigenvalue weighted by Gasteiger charge is 2.13. The summed E-state index contributed by atoms with van der Waals surface area (Å²) in [4.78, 5) is 23.0. The van der Waals surface area contributed by atoms with E-state index in [4.69, 9.17) is 5.11 Å². The molecule has 2 N–H and O–H groups in total. The Kier molecular flexibility index (Phi) is 9.03. The minimum atomic E-state index is -1.22. The smallest absolute Gasteiger partial charge is 0.339 e. The number of phenols is 1. The topological polar surface area (TPSA) is 74.6 Å². The summed E-state index contributed by atoms with van der Waals surface area (Å²) in [6.07, 6.45) is 11.1. The predicted molar refractivity (Wildman–Crippen MR) is 91.2 cm³/mol. The quantitative estimate of drug-likeness (QED) is 0.410. The van der Waals surface area contributed by atoms with Gasteiger partial charge in [0.25, 0.3) is 0 Å². The van der Waals surface area contributed by atoms with Gasteiger partial charge in [-0.25, -0.2) is 4.79 Å². The van der Waals surface area contributed by atoms with Crippen molar-refractivity contribution in [3.63, 3.8) is 0 Å². The number of Topliss-reactive ketones (excluding diaryl/α,β-unsaturated/α-hetero) is 1. The van der Waals surface area contributed by atoms with Crippen molar-refractivity contribution in [2.75, 3.05) is 0 Å². The van der Waals surface area contributed by atoms with Crippen LogP contribution in [0, 0.1) is 0 Å². The van der Waals surface area contributed by atoms with E-state index in [1.54, 1.807) is 0 Å². The molecule has 0 bridgehead atoms. The lowest BCUT2D eigenvalue weighted by Gasteiger charge is -2.05. The summed E-state index contributed by atoms with van der Waals surface area (Å²) < 4.78 is 0. The Morgan fingerprint density at radius 3 is 2.04 bits per heavy atom. The number of carboxylic acid groups (broad SMARTS) is 1. The molecule has 0 radical (unpaired) electrons. The fourth-order valence-corrected chi connectivity index (χ4v) is 2.62. The van der Waals surface area contributed by atoms with Gasteiger partial charge in [-0.05, 0) is 24.6 Å². The molecule has 0 fully saturated rings. The number of rotatable bonds is 12. The van der Waals surface area contributed by atoms with Crippen molar-refractivity contribution < 1.29 is 19.8 Å². The molecule has 128 valence electrons. The standard InChI is InChI=1S/C19H28O4/c1-2-3-4-5-6-7-8-9-10-11-17(20)15-12-13-18(21)16(14-15)19(22)23/h12-14,21H,2-11H2,1H3,(H,22,23). The molecule has 1 rings (SSSR count). The van der Waals surface area contributed by atoms with E-state index >= 15 is 0 Å². The second-order valence-electron chi connectivity index (χ2n) is 6.04. The molecule has 4 heteroatoms. The van der Waals surface area contributed by atoms with Gasteiger partial charge in [-0.2, -0.15) is 0 Å². The van der Waals surface area contributed by atoms with Crippen LogP contribution in [0.2, 0.25) is 0 Å². The van der Waals surface area contributed by atoms with Crippen LogP contribution < -0.4 is 0 Å². The fraction of sp³-hybridized carbons (Fsp3) is 0.579. The predicted octanol–water partition coefficient (Wildman–Crippen LogP) is 5.19. The van der Waals surface area contributed by atoms with Gasteiger partial charge in [0.05, 0.1) is 0 Å². The molecule has 0 aliphatic rings. The van der Waals surface area contributed by atoms with E-state index in [2.05, 4.69) is 6.92 Å². The molecule has 1 aromatic carbocycles. The van der Waals surface area contributed by atoms with Gasteiger partial charge in [0.1, 0.15) is 11.3 Å². The molecule has 4 nitrogen and oxygen atoms in total. The maximum Gasteiger partial charge on any atom is 0.339 e. The van der Waals surface area contributed by atoms with Crippen LogP contribution in [0.5, 0.6) is 5.75 Å². The van der Waals surface area contributed by atoms with Crippen LogP contribution in [0.1, 0.15) is 91.8 Å². The first-order valence-electron chi connectivity index (χ1n) is 8.65. The number of carbonyl (C=O) groups excluding carboxylic acids is 1. The average Bonchev–Trinajstić information content (AvgIpc) is 2.53. The van der Waals surface area contributed by atoms with Gasteiger partial charge in [-0.1, -0.05) is 58.3 Å². The zero-order valence-electron chi connectivity index (χ0n) is 14.0. The molecule has 0 aliphatic heterocycles. The Morgan fingerprint density at radius 2 is 1.48 bits per heavy atom. The Hall–Kier alpha value is -1.84. The zero-order chi connectivity index (χ0) is 17.1. The largest absolute Gasteiger partial charge is 0.507 e. The second kappa shape index (κ2) is 10.8. The van der Waals surface area contributed by atoms with Crippen LogP contribution in [-0.2, 0) is 0 Å². The summed E-state index contributed by atoms with van der Waals surface area (Å²) in [6, 6.07) is 4.01. The Bertz CT molecular complexity index is 508. The molecular formula is C19H28O4. The molecule has 0 aliphatic carbocycles. The number of aromatic hydroxyl groups is 1. The fourth-order valence-electron chi connectivity index (χ4n) is 2.62. The summed E-state index contributed by atoms with van der Waals surface area (Å²) in [5, 5.41) is 18.4. The third kappa shape index (κ3) is 7.31. The average molecular weight is 320 g/mol. The van der Waals surface area contributed by atoms with E-state index < -0.39 is 5.97 Å². The number of aromatic carboxylic acids is 1. The minimum absolute atomic E-state index is 0.0598.